The number of furan rings is 2. The van der Waals surface area contributed by atoms with Crippen LogP contribution in [0.4, 0.5) is 0 Å². The van der Waals surface area contributed by atoms with Crippen molar-refractivity contribution in [2.24, 2.45) is 0 Å². The Morgan fingerprint density at radius 1 is 0.222 bits per heavy atom. The first-order valence-corrected chi connectivity index (χ1v) is 18.5. The number of rotatable bonds is 3. The fourth-order valence-corrected chi connectivity index (χ4v) is 8.66. The molecule has 0 radical (unpaired) electrons. The maximum atomic E-state index is 6.40. The van der Waals surface area contributed by atoms with Gasteiger partial charge in [0.1, 0.15) is 22.3 Å². The van der Waals surface area contributed by atoms with Crippen LogP contribution >= 0.6 is 0 Å². The lowest BCUT2D eigenvalue weighted by Crippen LogP contribution is -1.85. The molecule has 0 atom stereocenters. The van der Waals surface area contributed by atoms with E-state index in [1.807, 2.05) is 6.07 Å². The summed E-state index contributed by atoms with van der Waals surface area (Å²) in [5, 5.41) is 14.4. The van der Waals surface area contributed by atoms with Crippen molar-refractivity contribution >= 4 is 87.0 Å². The molecule has 0 bridgehead atoms. The van der Waals surface area contributed by atoms with E-state index in [9.17, 15) is 0 Å². The van der Waals surface area contributed by atoms with Gasteiger partial charge in [0, 0.05) is 27.6 Å². The quantitative estimate of drug-likeness (QED) is 0.173. The van der Waals surface area contributed by atoms with Gasteiger partial charge in [-0.25, -0.2) is 0 Å². The normalized spacial score (nSPS) is 12.1. The summed E-state index contributed by atoms with van der Waals surface area (Å²) in [6, 6.07) is 65.9. The minimum absolute atomic E-state index is 0.829. The molecule has 250 valence electrons. The number of hydrogen-bond donors (Lipinski definition) is 0. The topological polar surface area (TPSA) is 26.3 Å². The Bertz CT molecular complexity index is 3510. The summed E-state index contributed by atoms with van der Waals surface area (Å²) in [6.45, 7) is 0. The average molecular weight is 687 g/mol. The van der Waals surface area contributed by atoms with Crippen molar-refractivity contribution in [3.63, 3.8) is 0 Å². The van der Waals surface area contributed by atoms with E-state index in [1.54, 1.807) is 0 Å². The van der Waals surface area contributed by atoms with Crippen LogP contribution < -0.4 is 0 Å². The van der Waals surface area contributed by atoms with Gasteiger partial charge < -0.3 is 8.83 Å². The van der Waals surface area contributed by atoms with E-state index in [0.717, 1.165) is 49.4 Å². The van der Waals surface area contributed by atoms with Crippen molar-refractivity contribution in [1.82, 2.24) is 0 Å². The van der Waals surface area contributed by atoms with Gasteiger partial charge in [-0.1, -0.05) is 121 Å². The van der Waals surface area contributed by atoms with Crippen molar-refractivity contribution in [3.8, 4) is 33.4 Å². The van der Waals surface area contributed by atoms with Crippen LogP contribution in [0.15, 0.2) is 191 Å². The second-order valence-corrected chi connectivity index (χ2v) is 14.5. The van der Waals surface area contributed by atoms with Crippen LogP contribution in [-0.2, 0) is 0 Å². The minimum Gasteiger partial charge on any atom is -0.456 e. The average Bonchev–Trinajstić information content (AvgIpc) is 3.78. The molecule has 0 aliphatic rings. The molecule has 0 fully saturated rings. The summed E-state index contributed by atoms with van der Waals surface area (Å²) < 4.78 is 12.8. The zero-order valence-corrected chi connectivity index (χ0v) is 29.1. The fraction of sp³-hybridized carbons (Fsp3) is 0. The summed E-state index contributed by atoms with van der Waals surface area (Å²) in [5.41, 5.74) is 10.6. The highest BCUT2D eigenvalue weighted by atomic mass is 16.3. The second-order valence-electron chi connectivity index (χ2n) is 14.5. The molecule has 54 heavy (non-hydrogen) atoms. The number of fused-ring (bicyclic) bond motifs is 11. The first-order chi connectivity index (χ1) is 26.7. The van der Waals surface area contributed by atoms with Gasteiger partial charge in [0.25, 0.3) is 0 Å². The summed E-state index contributed by atoms with van der Waals surface area (Å²) >= 11 is 0. The van der Waals surface area contributed by atoms with Gasteiger partial charge in [-0.05, 0) is 131 Å². The first-order valence-electron chi connectivity index (χ1n) is 18.5. The highest BCUT2D eigenvalue weighted by molar-refractivity contribution is 6.17. The Morgan fingerprint density at radius 3 is 1.33 bits per heavy atom. The smallest absolute Gasteiger partial charge is 0.139 e. The molecule has 0 spiro atoms. The molecule has 0 aliphatic heterocycles. The fourth-order valence-electron chi connectivity index (χ4n) is 8.66. The Kier molecular flexibility index (Phi) is 6.09. The van der Waals surface area contributed by atoms with Crippen LogP contribution in [0.25, 0.3) is 120 Å². The third-order valence-electron chi connectivity index (χ3n) is 11.4. The Balaban J connectivity index is 0.945. The molecule has 2 aromatic heterocycles. The van der Waals surface area contributed by atoms with Gasteiger partial charge in [-0.2, -0.15) is 0 Å². The van der Waals surface area contributed by atoms with Gasteiger partial charge in [0.2, 0.25) is 0 Å². The van der Waals surface area contributed by atoms with E-state index in [0.29, 0.717) is 0 Å². The zero-order chi connectivity index (χ0) is 35.3. The van der Waals surface area contributed by atoms with E-state index < -0.39 is 0 Å². The minimum atomic E-state index is 0.829. The van der Waals surface area contributed by atoms with Crippen LogP contribution in [0, 0.1) is 0 Å². The molecule has 0 saturated heterocycles. The third kappa shape index (κ3) is 4.47. The van der Waals surface area contributed by atoms with E-state index >= 15 is 0 Å². The molecule has 2 heteroatoms. The molecule has 0 N–H and O–H groups in total. The first kappa shape index (κ1) is 29.4. The molecule has 0 amide bonds. The standard InChI is InChI=1S/C52H30O2/c1-2-8-32-23-34(14-13-31(32)7-1)37-19-21-49-45(26-37)47-29-48-46-27-38(20-22-50(46)54-52(48)30-51(47)53-49)35-15-16-36-25-40(18-17-33(36)24-35)44-28-39-9-3-4-10-41(39)42-11-5-6-12-43(42)44/h1-30H. The van der Waals surface area contributed by atoms with Crippen LogP contribution in [-0.4, -0.2) is 0 Å². The highest BCUT2D eigenvalue weighted by Crippen LogP contribution is 2.41. The summed E-state index contributed by atoms with van der Waals surface area (Å²) in [5.74, 6) is 0. The summed E-state index contributed by atoms with van der Waals surface area (Å²) in [6.07, 6.45) is 0. The lowest BCUT2D eigenvalue weighted by Gasteiger charge is -2.12. The van der Waals surface area contributed by atoms with E-state index in [-0.39, 0.29) is 0 Å². The van der Waals surface area contributed by atoms with E-state index in [4.69, 9.17) is 8.83 Å². The van der Waals surface area contributed by atoms with Crippen LogP contribution in [0.2, 0.25) is 0 Å². The predicted octanol–water partition coefficient (Wildman–Crippen LogP) is 15.1. The van der Waals surface area contributed by atoms with Crippen LogP contribution in [0.5, 0.6) is 0 Å². The van der Waals surface area contributed by atoms with Crippen LogP contribution in [0.1, 0.15) is 0 Å². The van der Waals surface area contributed by atoms with Gasteiger partial charge in [0.15, 0.2) is 0 Å². The van der Waals surface area contributed by atoms with Crippen molar-refractivity contribution in [2.75, 3.05) is 0 Å². The van der Waals surface area contributed by atoms with Gasteiger partial charge >= 0.3 is 0 Å². The number of benzene rings is 10. The monoisotopic (exact) mass is 686 g/mol. The van der Waals surface area contributed by atoms with Gasteiger partial charge in [-0.3, -0.25) is 0 Å². The van der Waals surface area contributed by atoms with Crippen LogP contribution in [0.3, 0.4) is 0 Å². The Morgan fingerprint density at radius 2 is 0.667 bits per heavy atom. The van der Waals surface area contributed by atoms with Gasteiger partial charge in [0.05, 0.1) is 0 Å². The van der Waals surface area contributed by atoms with Crippen molar-refractivity contribution in [2.45, 2.75) is 0 Å². The SMILES string of the molecule is c1ccc2cc(-c3ccc4oc5cc6oc7ccc(-c8ccc9cc(-c%10cc%11ccccc%11c%11ccccc%10%11)ccc9c8)cc7c6cc5c4c3)ccc2c1. The molecule has 12 aromatic rings. The maximum absolute atomic E-state index is 6.40. The molecular formula is C52H30O2. The summed E-state index contributed by atoms with van der Waals surface area (Å²) in [7, 11) is 0. The highest BCUT2D eigenvalue weighted by Gasteiger charge is 2.16. The molecule has 0 unspecified atom stereocenters. The summed E-state index contributed by atoms with van der Waals surface area (Å²) in [4.78, 5) is 0. The predicted molar refractivity (Wildman–Crippen MR) is 227 cm³/mol. The Labute approximate surface area is 310 Å². The van der Waals surface area contributed by atoms with Gasteiger partial charge in [-0.15, -0.1) is 0 Å². The largest absolute Gasteiger partial charge is 0.456 e. The zero-order valence-electron chi connectivity index (χ0n) is 29.1. The molecule has 2 heterocycles. The molecule has 0 aliphatic carbocycles. The number of hydrogen-bond acceptors (Lipinski definition) is 2. The van der Waals surface area contributed by atoms with E-state index in [1.165, 1.54) is 70.9 Å². The Hall–Kier alpha value is -7.16. The van der Waals surface area contributed by atoms with Crippen molar-refractivity contribution < 1.29 is 8.83 Å². The maximum Gasteiger partial charge on any atom is 0.139 e. The van der Waals surface area contributed by atoms with Crippen molar-refractivity contribution in [1.29, 1.82) is 0 Å². The lowest BCUT2D eigenvalue weighted by atomic mass is 9.92. The van der Waals surface area contributed by atoms with Crippen molar-refractivity contribution in [3.05, 3.63) is 182 Å². The lowest BCUT2D eigenvalue weighted by molar-refractivity contribution is 0.656. The molecule has 2 nitrogen and oxygen atoms in total. The molecular weight excluding hydrogens is 657 g/mol. The third-order valence-corrected chi connectivity index (χ3v) is 11.4. The van der Waals surface area contributed by atoms with E-state index in [2.05, 4.69) is 176 Å². The molecule has 0 saturated carbocycles. The molecule has 10 aromatic carbocycles. The second kappa shape index (κ2) is 11.2. The molecule has 12 rings (SSSR count).